The lowest BCUT2D eigenvalue weighted by Gasteiger charge is -2.31. The van der Waals surface area contributed by atoms with Gasteiger partial charge in [-0.25, -0.2) is 4.98 Å². The van der Waals surface area contributed by atoms with Gasteiger partial charge in [0.05, 0.1) is 30.5 Å². The molecule has 0 bridgehead atoms. The van der Waals surface area contributed by atoms with Gasteiger partial charge in [-0.05, 0) is 31.0 Å². The average molecular weight is 440 g/mol. The van der Waals surface area contributed by atoms with Crippen LogP contribution in [0.5, 0.6) is 5.75 Å². The van der Waals surface area contributed by atoms with E-state index in [-0.39, 0.29) is 24.2 Å². The van der Waals surface area contributed by atoms with Crippen LogP contribution in [0.15, 0.2) is 18.2 Å². The quantitative estimate of drug-likeness (QED) is 0.681. The Balaban J connectivity index is 0.00000240. The number of morpholine rings is 1. The average Bonchev–Trinajstić information content (AvgIpc) is 3.18. The van der Waals surface area contributed by atoms with Crippen LogP contribution in [0.1, 0.15) is 32.1 Å². The van der Waals surface area contributed by atoms with E-state index in [2.05, 4.69) is 4.90 Å². The molecule has 1 aliphatic carbocycles. The van der Waals surface area contributed by atoms with Crippen molar-refractivity contribution < 1.29 is 14.3 Å². The van der Waals surface area contributed by atoms with Crippen LogP contribution in [0, 0.1) is 5.92 Å². The number of anilines is 1. The second-order valence-corrected chi connectivity index (χ2v) is 8.62. The van der Waals surface area contributed by atoms with E-state index >= 15 is 0 Å². The number of thiazole rings is 1. The largest absolute Gasteiger partial charge is 0.497 e. The summed E-state index contributed by atoms with van der Waals surface area (Å²) in [7, 11) is 1.67. The molecule has 1 saturated carbocycles. The highest BCUT2D eigenvalue weighted by Crippen LogP contribution is 2.34. The molecule has 1 aliphatic heterocycles. The van der Waals surface area contributed by atoms with Gasteiger partial charge in [0.25, 0.3) is 0 Å². The monoisotopic (exact) mass is 439 g/mol. The number of hydrogen-bond donors (Lipinski definition) is 0. The minimum atomic E-state index is 0. The van der Waals surface area contributed by atoms with E-state index in [1.807, 2.05) is 23.1 Å². The zero-order valence-electron chi connectivity index (χ0n) is 17.0. The van der Waals surface area contributed by atoms with Crippen molar-refractivity contribution in [1.82, 2.24) is 9.88 Å². The summed E-state index contributed by atoms with van der Waals surface area (Å²) < 4.78 is 11.9. The normalized spacial score (nSPS) is 18.4. The lowest BCUT2D eigenvalue weighted by atomic mass is 9.88. The van der Waals surface area contributed by atoms with Crippen molar-refractivity contribution in [1.29, 1.82) is 0 Å². The fourth-order valence-corrected chi connectivity index (χ4v) is 5.10. The Kier molecular flexibility index (Phi) is 8.12. The highest BCUT2D eigenvalue weighted by atomic mass is 35.5. The summed E-state index contributed by atoms with van der Waals surface area (Å²) in [5, 5.41) is 0.812. The molecule has 2 heterocycles. The lowest BCUT2D eigenvalue weighted by molar-refractivity contribution is -0.123. The van der Waals surface area contributed by atoms with E-state index in [0.29, 0.717) is 6.54 Å². The summed E-state index contributed by atoms with van der Waals surface area (Å²) >= 11 is 1.58. The van der Waals surface area contributed by atoms with Crippen molar-refractivity contribution in [2.75, 3.05) is 51.4 Å². The van der Waals surface area contributed by atoms with Crippen LogP contribution in [0.3, 0.4) is 0 Å². The van der Waals surface area contributed by atoms with Gasteiger partial charge in [-0.2, -0.15) is 0 Å². The molecule has 2 fully saturated rings. The number of carbonyl (C=O) groups is 1. The zero-order valence-corrected chi connectivity index (χ0v) is 18.6. The van der Waals surface area contributed by atoms with Crippen molar-refractivity contribution >= 4 is 45.0 Å². The highest BCUT2D eigenvalue weighted by Gasteiger charge is 2.29. The van der Waals surface area contributed by atoms with E-state index in [1.54, 1.807) is 18.4 Å². The predicted octanol–water partition coefficient (Wildman–Crippen LogP) is 3.97. The van der Waals surface area contributed by atoms with Crippen molar-refractivity contribution in [2.45, 2.75) is 32.1 Å². The Morgan fingerprint density at radius 2 is 2.03 bits per heavy atom. The third kappa shape index (κ3) is 5.40. The third-order valence-corrected chi connectivity index (χ3v) is 6.82. The number of nitrogens with zero attached hydrogens (tertiary/aromatic N) is 3. The summed E-state index contributed by atoms with van der Waals surface area (Å²) in [4.78, 5) is 22.5. The first kappa shape index (κ1) is 22.3. The molecule has 160 valence electrons. The van der Waals surface area contributed by atoms with E-state index in [4.69, 9.17) is 14.5 Å². The first-order valence-electron chi connectivity index (χ1n) is 10.3. The second kappa shape index (κ2) is 10.6. The summed E-state index contributed by atoms with van der Waals surface area (Å²) in [5.74, 6) is 1.21. The van der Waals surface area contributed by atoms with Gasteiger partial charge in [0, 0.05) is 32.1 Å². The number of fused-ring (bicyclic) bond motifs is 1. The van der Waals surface area contributed by atoms with E-state index in [9.17, 15) is 4.79 Å². The Labute approximate surface area is 182 Å². The summed E-state index contributed by atoms with van der Waals surface area (Å²) in [5.41, 5.74) is 0.925. The molecular formula is C21H30ClN3O3S. The third-order valence-electron chi connectivity index (χ3n) is 5.78. The molecule has 0 radical (unpaired) electrons. The molecule has 6 nitrogen and oxygen atoms in total. The van der Waals surface area contributed by atoms with E-state index in [1.165, 1.54) is 6.42 Å². The number of methoxy groups -OCH3 is 1. The van der Waals surface area contributed by atoms with Crippen LogP contribution < -0.4 is 9.64 Å². The molecule has 1 aromatic carbocycles. The molecule has 4 rings (SSSR count). The molecule has 1 saturated heterocycles. The van der Waals surface area contributed by atoms with E-state index < -0.39 is 0 Å². The van der Waals surface area contributed by atoms with E-state index in [0.717, 1.165) is 79.6 Å². The molecule has 0 atom stereocenters. The maximum Gasteiger partial charge on any atom is 0.231 e. The maximum atomic E-state index is 13.4. The smallest absolute Gasteiger partial charge is 0.231 e. The molecule has 0 unspecified atom stereocenters. The molecular weight excluding hydrogens is 410 g/mol. The number of aromatic nitrogens is 1. The van der Waals surface area contributed by atoms with Gasteiger partial charge in [0.15, 0.2) is 5.13 Å². The highest BCUT2D eigenvalue weighted by molar-refractivity contribution is 7.22. The van der Waals surface area contributed by atoms with Crippen LogP contribution in [-0.2, 0) is 9.53 Å². The minimum Gasteiger partial charge on any atom is -0.497 e. The van der Waals surface area contributed by atoms with Crippen LogP contribution in [0.2, 0.25) is 0 Å². The van der Waals surface area contributed by atoms with Gasteiger partial charge in [-0.3, -0.25) is 14.6 Å². The van der Waals surface area contributed by atoms with Crippen LogP contribution >= 0.6 is 23.7 Å². The van der Waals surface area contributed by atoms with Gasteiger partial charge in [-0.1, -0.05) is 30.6 Å². The molecule has 8 heteroatoms. The fraction of sp³-hybridized carbons (Fsp3) is 0.619. The molecule has 29 heavy (non-hydrogen) atoms. The minimum absolute atomic E-state index is 0. The second-order valence-electron chi connectivity index (χ2n) is 7.61. The summed E-state index contributed by atoms with van der Waals surface area (Å²) in [6.07, 6.45) is 5.57. The molecule has 1 aromatic heterocycles. The number of hydrogen-bond acceptors (Lipinski definition) is 6. The standard InChI is InChI=1S/C21H29N3O3S.ClH/c1-26-17-7-8-18-19(15-17)28-21(22-18)24(10-9-23-11-13-27-14-12-23)20(25)16-5-3-2-4-6-16;/h7-8,15-16H,2-6,9-14H2,1H3;1H. The Bertz CT molecular complexity index is 804. The van der Waals surface area contributed by atoms with Crippen molar-refractivity contribution in [3.63, 3.8) is 0 Å². The van der Waals surface area contributed by atoms with Crippen LogP contribution in [-0.4, -0.2) is 62.3 Å². The Hall–Kier alpha value is -1.41. The van der Waals surface area contributed by atoms with Crippen molar-refractivity contribution in [3.05, 3.63) is 18.2 Å². The molecule has 1 amide bonds. The lowest BCUT2D eigenvalue weighted by Crippen LogP contribution is -2.45. The van der Waals surface area contributed by atoms with Gasteiger partial charge in [0.1, 0.15) is 5.75 Å². The predicted molar refractivity (Wildman–Crippen MR) is 120 cm³/mol. The maximum absolute atomic E-state index is 13.4. The van der Waals surface area contributed by atoms with Gasteiger partial charge in [-0.15, -0.1) is 12.4 Å². The van der Waals surface area contributed by atoms with Crippen LogP contribution in [0.25, 0.3) is 10.2 Å². The number of carbonyl (C=O) groups excluding carboxylic acids is 1. The Morgan fingerprint density at radius 3 is 2.76 bits per heavy atom. The van der Waals surface area contributed by atoms with Gasteiger partial charge >= 0.3 is 0 Å². The summed E-state index contributed by atoms with van der Waals surface area (Å²) in [6, 6.07) is 5.90. The number of ether oxygens (including phenoxy) is 2. The number of halogens is 1. The SMILES string of the molecule is COc1ccc2nc(N(CCN3CCOCC3)C(=O)C3CCCCC3)sc2c1.Cl. The van der Waals surface area contributed by atoms with Crippen molar-refractivity contribution in [2.24, 2.45) is 5.92 Å². The van der Waals surface area contributed by atoms with Gasteiger partial charge in [0.2, 0.25) is 5.91 Å². The first-order valence-corrected chi connectivity index (χ1v) is 11.1. The molecule has 0 spiro atoms. The number of rotatable bonds is 6. The fourth-order valence-electron chi connectivity index (χ4n) is 4.07. The first-order chi connectivity index (χ1) is 13.7. The van der Waals surface area contributed by atoms with Crippen LogP contribution in [0.4, 0.5) is 5.13 Å². The zero-order chi connectivity index (χ0) is 19.3. The molecule has 2 aliphatic rings. The number of amides is 1. The number of benzene rings is 1. The van der Waals surface area contributed by atoms with Gasteiger partial charge < -0.3 is 9.47 Å². The molecule has 2 aromatic rings. The van der Waals surface area contributed by atoms with Crippen molar-refractivity contribution in [3.8, 4) is 5.75 Å². The molecule has 0 N–H and O–H groups in total. The Morgan fingerprint density at radius 1 is 1.28 bits per heavy atom. The summed E-state index contributed by atoms with van der Waals surface area (Å²) in [6.45, 7) is 4.97. The topological polar surface area (TPSA) is 54.9 Å².